The molecule has 0 bridgehead atoms. The Balaban J connectivity index is 2.22. The molecular weight excluding hydrogens is 234 g/mol. The van der Waals surface area contributed by atoms with E-state index in [1.165, 1.54) is 17.0 Å². The first-order valence-corrected chi connectivity index (χ1v) is 5.03. The minimum atomic E-state index is -1.15. The normalized spacial score (nSPS) is 20.2. The number of aromatic nitrogens is 2. The lowest BCUT2D eigenvalue weighted by molar-refractivity contribution is -0.117. The van der Waals surface area contributed by atoms with Crippen LogP contribution in [0.4, 0.5) is 5.82 Å². The van der Waals surface area contributed by atoms with Crippen LogP contribution in [-0.2, 0) is 4.79 Å². The lowest BCUT2D eigenvalue weighted by Crippen LogP contribution is -2.26. The van der Waals surface area contributed by atoms with Gasteiger partial charge < -0.3 is 5.11 Å². The Morgan fingerprint density at radius 3 is 2.69 bits per heavy atom. The third-order valence-corrected chi connectivity index (χ3v) is 2.52. The van der Waals surface area contributed by atoms with Gasteiger partial charge in [0.25, 0.3) is 0 Å². The van der Waals surface area contributed by atoms with Crippen LogP contribution >= 0.6 is 11.6 Å². The van der Waals surface area contributed by atoms with Gasteiger partial charge in [-0.3, -0.25) is 9.69 Å². The smallest absolute Gasteiger partial charge is 0.356 e. The average Bonchev–Trinajstić information content (AvgIpc) is 2.58. The molecule has 1 aliphatic rings. The van der Waals surface area contributed by atoms with Crippen molar-refractivity contribution in [2.75, 3.05) is 11.4 Å². The Morgan fingerprint density at radius 2 is 2.25 bits per heavy atom. The van der Waals surface area contributed by atoms with Gasteiger partial charge in [0.05, 0.1) is 5.38 Å². The maximum atomic E-state index is 11.5. The molecule has 1 aromatic heterocycles. The molecule has 1 amide bonds. The fraction of sp³-hybridized carbons (Fsp3) is 0.333. The summed E-state index contributed by atoms with van der Waals surface area (Å²) < 4.78 is 0. The number of carbonyl (C=O) groups excluding carboxylic acids is 1. The van der Waals surface area contributed by atoms with Gasteiger partial charge in [0.2, 0.25) is 5.91 Å². The molecule has 0 aliphatic carbocycles. The van der Waals surface area contributed by atoms with Crippen molar-refractivity contribution in [1.29, 1.82) is 0 Å². The molecule has 7 heteroatoms. The van der Waals surface area contributed by atoms with Gasteiger partial charge in [0.15, 0.2) is 11.5 Å². The summed E-state index contributed by atoms with van der Waals surface area (Å²) in [5.41, 5.74) is -0.155. The van der Waals surface area contributed by atoms with E-state index in [0.29, 0.717) is 12.4 Å². The Kier molecular flexibility index (Phi) is 2.74. The quantitative estimate of drug-likeness (QED) is 0.763. The van der Waals surface area contributed by atoms with Crippen LogP contribution in [0.25, 0.3) is 0 Å². The Labute approximate surface area is 95.8 Å². The number of carboxylic acids is 1. The van der Waals surface area contributed by atoms with E-state index in [-0.39, 0.29) is 23.4 Å². The van der Waals surface area contributed by atoms with Crippen LogP contribution in [0, 0.1) is 0 Å². The Hall–Kier alpha value is -1.69. The van der Waals surface area contributed by atoms with Gasteiger partial charge in [-0.2, -0.15) is 0 Å². The van der Waals surface area contributed by atoms with Crippen LogP contribution in [-0.4, -0.2) is 39.1 Å². The van der Waals surface area contributed by atoms with Crippen LogP contribution < -0.4 is 4.90 Å². The Bertz CT molecular complexity index is 434. The molecule has 0 saturated carbocycles. The lowest BCUT2D eigenvalue weighted by Gasteiger charge is -2.13. The van der Waals surface area contributed by atoms with Gasteiger partial charge in [-0.05, 0) is 12.1 Å². The van der Waals surface area contributed by atoms with Gasteiger partial charge in [-0.25, -0.2) is 4.79 Å². The van der Waals surface area contributed by atoms with Crippen LogP contribution in [0.1, 0.15) is 16.9 Å². The first-order chi connectivity index (χ1) is 7.58. The minimum absolute atomic E-state index is 0.127. The lowest BCUT2D eigenvalue weighted by atomic mass is 10.4. The van der Waals surface area contributed by atoms with Crippen molar-refractivity contribution in [3.8, 4) is 0 Å². The molecule has 0 radical (unpaired) electrons. The van der Waals surface area contributed by atoms with Gasteiger partial charge in [0.1, 0.15) is 0 Å². The second-order valence-corrected chi connectivity index (χ2v) is 4.00. The van der Waals surface area contributed by atoms with Crippen molar-refractivity contribution in [3.05, 3.63) is 17.8 Å². The number of anilines is 1. The van der Waals surface area contributed by atoms with E-state index in [9.17, 15) is 9.59 Å². The number of carbonyl (C=O) groups is 2. The van der Waals surface area contributed by atoms with E-state index >= 15 is 0 Å². The zero-order valence-corrected chi connectivity index (χ0v) is 8.89. The Morgan fingerprint density at radius 1 is 1.50 bits per heavy atom. The molecule has 2 rings (SSSR count). The number of alkyl halides is 1. The number of rotatable bonds is 2. The molecule has 1 saturated heterocycles. The van der Waals surface area contributed by atoms with Crippen LogP contribution in [0.5, 0.6) is 0 Å². The molecule has 84 valence electrons. The highest BCUT2D eigenvalue weighted by Crippen LogP contribution is 2.21. The van der Waals surface area contributed by atoms with Crippen LogP contribution in [0.2, 0.25) is 0 Å². The second kappa shape index (κ2) is 4.05. The van der Waals surface area contributed by atoms with Gasteiger partial charge in [0, 0.05) is 13.0 Å². The highest BCUT2D eigenvalue weighted by Gasteiger charge is 2.30. The third kappa shape index (κ3) is 1.96. The van der Waals surface area contributed by atoms with Crippen molar-refractivity contribution in [1.82, 2.24) is 10.2 Å². The van der Waals surface area contributed by atoms with E-state index in [0.717, 1.165) is 0 Å². The number of hydrogen-bond acceptors (Lipinski definition) is 4. The van der Waals surface area contributed by atoms with Gasteiger partial charge in [-0.15, -0.1) is 21.8 Å². The average molecular weight is 242 g/mol. The predicted molar refractivity (Wildman–Crippen MR) is 55.6 cm³/mol. The summed E-state index contributed by atoms with van der Waals surface area (Å²) >= 11 is 5.83. The molecule has 16 heavy (non-hydrogen) atoms. The number of carboxylic acid groups (broad SMARTS) is 1. The molecule has 1 unspecified atom stereocenters. The topological polar surface area (TPSA) is 83.4 Å². The highest BCUT2D eigenvalue weighted by atomic mass is 35.5. The van der Waals surface area contributed by atoms with Crippen LogP contribution in [0.15, 0.2) is 12.1 Å². The summed E-state index contributed by atoms with van der Waals surface area (Å²) in [6.45, 7) is 0.376. The van der Waals surface area contributed by atoms with E-state index in [1.54, 1.807) is 0 Å². The summed E-state index contributed by atoms with van der Waals surface area (Å²) in [5.74, 6) is -0.947. The minimum Gasteiger partial charge on any atom is -0.476 e. The number of halogens is 1. The van der Waals surface area contributed by atoms with Gasteiger partial charge in [-0.1, -0.05) is 0 Å². The first-order valence-electron chi connectivity index (χ1n) is 4.59. The molecule has 1 fully saturated rings. The largest absolute Gasteiger partial charge is 0.476 e. The van der Waals surface area contributed by atoms with E-state index < -0.39 is 5.97 Å². The molecule has 6 nitrogen and oxygen atoms in total. The molecule has 0 spiro atoms. The fourth-order valence-electron chi connectivity index (χ4n) is 1.47. The molecule has 2 heterocycles. The maximum absolute atomic E-state index is 11.5. The summed E-state index contributed by atoms with van der Waals surface area (Å²) in [5, 5.41) is 15.6. The zero-order valence-electron chi connectivity index (χ0n) is 8.13. The number of nitrogens with zero attached hydrogens (tertiary/aromatic N) is 3. The molecule has 1 atom stereocenters. The van der Waals surface area contributed by atoms with Crippen molar-refractivity contribution in [3.63, 3.8) is 0 Å². The number of aromatic carboxylic acids is 1. The van der Waals surface area contributed by atoms with Crippen molar-refractivity contribution < 1.29 is 14.7 Å². The monoisotopic (exact) mass is 241 g/mol. The van der Waals surface area contributed by atoms with Crippen LogP contribution in [0.3, 0.4) is 0 Å². The zero-order chi connectivity index (χ0) is 11.7. The maximum Gasteiger partial charge on any atom is 0.356 e. The number of hydrogen-bond donors (Lipinski definition) is 1. The van der Waals surface area contributed by atoms with E-state index in [1.807, 2.05) is 0 Å². The third-order valence-electron chi connectivity index (χ3n) is 2.22. The van der Waals surface area contributed by atoms with Crippen molar-refractivity contribution in [2.45, 2.75) is 11.8 Å². The second-order valence-electron chi connectivity index (χ2n) is 3.39. The summed E-state index contributed by atoms with van der Waals surface area (Å²) in [6.07, 6.45) is 0.268. The highest BCUT2D eigenvalue weighted by molar-refractivity contribution is 6.24. The fourth-order valence-corrected chi connectivity index (χ4v) is 1.74. The molecule has 0 aromatic carbocycles. The number of amides is 1. The standard InChI is InChI=1S/C9H8ClN3O3/c10-5-3-8(14)13(4-5)7-2-1-6(9(15)16)11-12-7/h1-2,5H,3-4H2,(H,15,16). The van der Waals surface area contributed by atoms with Crippen molar-refractivity contribution >= 4 is 29.3 Å². The predicted octanol–water partition coefficient (Wildman–Crippen LogP) is 0.519. The SMILES string of the molecule is O=C(O)c1ccc(N2CC(Cl)CC2=O)nn1. The molecule has 1 aromatic rings. The summed E-state index contributed by atoms with van der Waals surface area (Å²) in [6, 6.07) is 2.75. The molecule has 1 N–H and O–H groups in total. The molecule has 1 aliphatic heterocycles. The van der Waals surface area contributed by atoms with E-state index in [4.69, 9.17) is 16.7 Å². The van der Waals surface area contributed by atoms with Gasteiger partial charge >= 0.3 is 5.97 Å². The summed E-state index contributed by atoms with van der Waals surface area (Å²) in [4.78, 5) is 23.4. The van der Waals surface area contributed by atoms with E-state index in [2.05, 4.69) is 10.2 Å². The molecular formula is C9H8ClN3O3. The van der Waals surface area contributed by atoms with Crippen molar-refractivity contribution in [2.24, 2.45) is 0 Å². The first kappa shape index (κ1) is 10.8. The summed E-state index contributed by atoms with van der Waals surface area (Å²) in [7, 11) is 0.